The Hall–Kier alpha value is -0.120. The molecule has 0 aromatic heterocycles. The van der Waals surface area contributed by atoms with Gasteiger partial charge < -0.3 is 14.2 Å². The van der Waals surface area contributed by atoms with E-state index in [4.69, 9.17) is 14.2 Å². The predicted molar refractivity (Wildman–Crippen MR) is 81.4 cm³/mol. The molecule has 3 heteroatoms. The van der Waals surface area contributed by atoms with E-state index in [2.05, 4.69) is 0 Å². The normalized spacial score (nSPS) is 48.0. The van der Waals surface area contributed by atoms with E-state index >= 15 is 0 Å². The fourth-order valence-corrected chi connectivity index (χ4v) is 4.26. The van der Waals surface area contributed by atoms with Crippen LogP contribution in [-0.2, 0) is 14.2 Å². The summed E-state index contributed by atoms with van der Waals surface area (Å²) in [6.45, 7) is 0. The third-order valence-corrected chi connectivity index (χ3v) is 5.79. The van der Waals surface area contributed by atoms with Crippen LogP contribution in [0.15, 0.2) is 0 Å². The topological polar surface area (TPSA) is 34.3 Å². The van der Waals surface area contributed by atoms with Gasteiger partial charge in [-0.15, -0.1) is 0 Å². The fourth-order valence-electron chi connectivity index (χ4n) is 4.26. The number of hydrogen-bond acceptors (Lipinski definition) is 3. The Labute approximate surface area is 128 Å². The second-order valence-electron chi connectivity index (χ2n) is 7.54. The summed E-state index contributed by atoms with van der Waals surface area (Å²) in [5.41, 5.74) is 0. The molecular weight excluding hydrogens is 264 g/mol. The molecule has 6 unspecified atom stereocenters. The molecule has 4 aliphatic heterocycles. The maximum atomic E-state index is 5.38. The highest BCUT2D eigenvalue weighted by atomic mass is 16.6. The minimum Gasteiger partial charge on any atom is -0.375 e. The maximum Gasteiger partial charge on any atom is 0.0841 e. The molecule has 6 atom stereocenters. The maximum absolute atomic E-state index is 5.38. The van der Waals surface area contributed by atoms with Gasteiger partial charge in [-0.3, -0.25) is 0 Å². The predicted octanol–water partition coefficient (Wildman–Crippen LogP) is 3.98. The van der Waals surface area contributed by atoms with E-state index in [0.29, 0.717) is 36.6 Å². The van der Waals surface area contributed by atoms with Gasteiger partial charge >= 0.3 is 0 Å². The molecule has 120 valence electrons. The molecule has 0 spiro atoms. The van der Waals surface area contributed by atoms with Crippen LogP contribution in [0.5, 0.6) is 0 Å². The van der Waals surface area contributed by atoms with Crippen molar-refractivity contribution in [1.82, 2.24) is 0 Å². The monoisotopic (exact) mass is 294 g/mol. The Kier molecular flexibility index (Phi) is 4.52. The summed E-state index contributed by atoms with van der Waals surface area (Å²) in [6.07, 6.45) is 20.6. The van der Waals surface area contributed by atoms with Crippen molar-refractivity contribution in [2.24, 2.45) is 0 Å². The second kappa shape index (κ2) is 6.55. The van der Waals surface area contributed by atoms with Crippen LogP contribution in [0.25, 0.3) is 0 Å². The smallest absolute Gasteiger partial charge is 0.0841 e. The first-order valence-electron chi connectivity index (χ1n) is 9.35. The van der Waals surface area contributed by atoms with Crippen molar-refractivity contribution in [1.29, 1.82) is 0 Å². The van der Waals surface area contributed by atoms with Gasteiger partial charge in [-0.1, -0.05) is 25.7 Å². The van der Waals surface area contributed by atoms with Gasteiger partial charge in [-0.05, 0) is 51.4 Å². The Morgan fingerprint density at radius 2 is 0.810 bits per heavy atom. The number of fused-ring (bicyclic) bond motifs is 4. The second-order valence-corrected chi connectivity index (χ2v) is 7.54. The molecule has 7 aliphatic rings. The molecule has 3 aliphatic carbocycles. The number of epoxide rings is 2. The average molecular weight is 294 g/mol. The Morgan fingerprint density at radius 3 is 1.00 bits per heavy atom. The molecule has 0 amide bonds. The summed E-state index contributed by atoms with van der Waals surface area (Å²) in [7, 11) is 0. The van der Waals surface area contributed by atoms with Crippen LogP contribution >= 0.6 is 0 Å². The van der Waals surface area contributed by atoms with Crippen LogP contribution in [0.2, 0.25) is 0 Å². The van der Waals surface area contributed by atoms with Crippen LogP contribution in [0.1, 0.15) is 77.0 Å². The van der Waals surface area contributed by atoms with Gasteiger partial charge in [0.25, 0.3) is 0 Å². The zero-order valence-electron chi connectivity index (χ0n) is 13.2. The van der Waals surface area contributed by atoms with Crippen molar-refractivity contribution in [3.05, 3.63) is 0 Å². The molecule has 7 fully saturated rings. The summed E-state index contributed by atoms with van der Waals surface area (Å²) in [5, 5.41) is 0. The van der Waals surface area contributed by atoms with Gasteiger partial charge in [0, 0.05) is 0 Å². The molecule has 4 saturated heterocycles. The first-order valence-corrected chi connectivity index (χ1v) is 9.35. The summed E-state index contributed by atoms with van der Waals surface area (Å²) in [6, 6.07) is 0. The lowest BCUT2D eigenvalue weighted by Crippen LogP contribution is -2.41. The summed E-state index contributed by atoms with van der Waals surface area (Å²) in [4.78, 5) is 0. The zero-order chi connectivity index (χ0) is 14.1. The van der Waals surface area contributed by atoms with E-state index in [9.17, 15) is 0 Å². The lowest BCUT2D eigenvalue weighted by Gasteiger charge is -2.41. The van der Waals surface area contributed by atoms with E-state index in [1.807, 2.05) is 0 Å². The van der Waals surface area contributed by atoms with Crippen molar-refractivity contribution in [2.75, 3.05) is 0 Å². The molecular formula is C18H30O3. The van der Waals surface area contributed by atoms with Crippen LogP contribution < -0.4 is 0 Å². The number of rotatable bonds is 0. The first-order chi connectivity index (χ1) is 10.4. The van der Waals surface area contributed by atoms with E-state index in [1.165, 1.54) is 77.0 Å². The highest BCUT2D eigenvalue weighted by Crippen LogP contribution is 2.36. The highest BCUT2D eigenvalue weighted by Gasteiger charge is 2.40. The van der Waals surface area contributed by atoms with Crippen LogP contribution in [0.4, 0.5) is 0 Å². The molecule has 3 nitrogen and oxygen atoms in total. The summed E-state index contributed by atoms with van der Waals surface area (Å²) in [5.74, 6) is 0. The van der Waals surface area contributed by atoms with Gasteiger partial charge in [-0.25, -0.2) is 0 Å². The molecule has 0 aromatic rings. The number of hydrogen-bond donors (Lipinski definition) is 0. The lowest BCUT2D eigenvalue weighted by atomic mass is 9.89. The lowest BCUT2D eigenvalue weighted by molar-refractivity contribution is -0.155. The summed E-state index contributed by atoms with van der Waals surface area (Å²) < 4.78 is 15.9. The van der Waals surface area contributed by atoms with Crippen molar-refractivity contribution in [3.63, 3.8) is 0 Å². The third-order valence-electron chi connectivity index (χ3n) is 5.79. The Balaban J connectivity index is 0.0000000823. The third kappa shape index (κ3) is 4.00. The molecule has 0 N–H and O–H groups in total. The van der Waals surface area contributed by atoms with Gasteiger partial charge in [-0.2, -0.15) is 0 Å². The van der Waals surface area contributed by atoms with Crippen LogP contribution in [-0.4, -0.2) is 36.6 Å². The largest absolute Gasteiger partial charge is 0.375 e. The van der Waals surface area contributed by atoms with Crippen molar-refractivity contribution >= 4 is 0 Å². The van der Waals surface area contributed by atoms with Gasteiger partial charge in [0.1, 0.15) is 0 Å². The van der Waals surface area contributed by atoms with Crippen LogP contribution in [0, 0.1) is 0 Å². The van der Waals surface area contributed by atoms with Crippen molar-refractivity contribution < 1.29 is 14.2 Å². The molecule has 7 rings (SSSR count). The molecule has 21 heavy (non-hydrogen) atoms. The quantitative estimate of drug-likeness (QED) is 0.634. The highest BCUT2D eigenvalue weighted by molar-refractivity contribution is 4.88. The molecule has 0 aromatic carbocycles. The first kappa shape index (κ1) is 14.5. The summed E-state index contributed by atoms with van der Waals surface area (Å²) >= 11 is 0. The van der Waals surface area contributed by atoms with E-state index < -0.39 is 0 Å². The standard InChI is InChI=1S/3C6H10O/c1-2-5-4-6(3-1)7-5;2*1-2-4-6-5(3-1)7-6/h3*5-6H,1-4H2. The minimum absolute atomic E-state index is 0.679. The van der Waals surface area contributed by atoms with E-state index in [0.717, 1.165) is 0 Å². The average Bonchev–Trinajstić information content (AvgIpc) is 3.41. The fraction of sp³-hybridized carbons (Fsp3) is 1.00. The zero-order valence-corrected chi connectivity index (χ0v) is 13.2. The molecule has 3 saturated carbocycles. The van der Waals surface area contributed by atoms with E-state index in [1.54, 1.807) is 0 Å². The molecule has 0 radical (unpaired) electrons. The van der Waals surface area contributed by atoms with Gasteiger partial charge in [0.2, 0.25) is 0 Å². The van der Waals surface area contributed by atoms with E-state index in [-0.39, 0.29) is 0 Å². The van der Waals surface area contributed by atoms with Crippen molar-refractivity contribution in [3.8, 4) is 0 Å². The van der Waals surface area contributed by atoms with Crippen LogP contribution in [0.3, 0.4) is 0 Å². The van der Waals surface area contributed by atoms with Gasteiger partial charge in [0.05, 0.1) is 36.6 Å². The van der Waals surface area contributed by atoms with Crippen molar-refractivity contribution in [2.45, 2.75) is 114 Å². The number of ether oxygens (including phenoxy) is 3. The SMILES string of the molecule is C1CC2CC(C1)O2.C1CCC2OC2C1.C1CCC2OC2C1. The van der Waals surface area contributed by atoms with Gasteiger partial charge in [0.15, 0.2) is 0 Å². The molecule has 2 bridgehead atoms. The Morgan fingerprint density at radius 1 is 0.429 bits per heavy atom. The minimum atomic E-state index is 0.679. The molecule has 4 heterocycles. The Bertz CT molecular complexity index is 278.